The Kier molecular flexibility index (Phi) is 8.29. The van der Waals surface area contributed by atoms with E-state index in [1.54, 1.807) is 35.4 Å². The summed E-state index contributed by atoms with van der Waals surface area (Å²) in [6.45, 7) is 0.834. The van der Waals surface area contributed by atoms with Gasteiger partial charge in [-0.3, -0.25) is 14.7 Å². The Hall–Kier alpha value is -3.64. The predicted octanol–water partition coefficient (Wildman–Crippen LogP) is 5.53. The number of methoxy groups -OCH3 is 1. The SMILES string of the molecule is COc1ccc2nccc(C(F)CC[C@@H]3CCN(CC#Cc4cc(F)cc(F)c4F)C[C@@H]3C(=O)O)c2c1. The molecule has 2 heterocycles. The van der Waals surface area contributed by atoms with Gasteiger partial charge < -0.3 is 9.84 Å². The van der Waals surface area contributed by atoms with Crippen molar-refractivity contribution in [2.75, 3.05) is 26.7 Å². The van der Waals surface area contributed by atoms with Crippen molar-refractivity contribution in [2.45, 2.75) is 25.4 Å². The zero-order valence-electron chi connectivity index (χ0n) is 20.2. The van der Waals surface area contributed by atoms with E-state index in [-0.39, 0.29) is 25.4 Å². The molecule has 4 rings (SSSR count). The normalized spacial score (nSPS) is 18.7. The minimum absolute atomic E-state index is 0.116. The number of rotatable bonds is 7. The third-order valence-corrected chi connectivity index (χ3v) is 6.79. The molecule has 3 atom stereocenters. The summed E-state index contributed by atoms with van der Waals surface area (Å²) in [6.07, 6.45) is 1.34. The fraction of sp³-hybridized carbons (Fsp3) is 0.357. The van der Waals surface area contributed by atoms with Gasteiger partial charge in [-0.05, 0) is 67.6 Å². The van der Waals surface area contributed by atoms with Crippen LogP contribution in [0.2, 0.25) is 0 Å². The molecule has 1 fully saturated rings. The van der Waals surface area contributed by atoms with Gasteiger partial charge in [0.05, 0.1) is 30.7 Å². The molecule has 37 heavy (non-hydrogen) atoms. The molecular formula is C28H26F4N2O3. The van der Waals surface area contributed by atoms with Crippen LogP contribution in [0, 0.1) is 41.1 Å². The molecule has 3 aromatic rings. The molecule has 9 heteroatoms. The first-order valence-electron chi connectivity index (χ1n) is 11.9. The topological polar surface area (TPSA) is 62.7 Å². The standard InChI is InChI=1S/C28H26F4N2O3/c1-37-20-5-7-26-22(15-20)21(8-10-33-26)24(30)6-4-17-9-12-34(16-23(17)28(35)36)11-2-3-18-13-19(29)14-25(31)27(18)32/h5,7-8,10,13-15,17,23-24H,4,6,9,11-12,16H2,1H3,(H,35,36)/t17-,23+,24?/m1/s1. The third kappa shape index (κ3) is 6.20. The Bertz CT molecular complexity index is 1350. The van der Waals surface area contributed by atoms with Gasteiger partial charge >= 0.3 is 5.97 Å². The number of carboxylic acid groups (broad SMARTS) is 1. The molecule has 0 aliphatic carbocycles. The molecule has 194 valence electrons. The highest BCUT2D eigenvalue weighted by atomic mass is 19.2. The van der Waals surface area contributed by atoms with Crippen molar-refractivity contribution in [2.24, 2.45) is 11.8 Å². The fourth-order valence-corrected chi connectivity index (χ4v) is 4.79. The highest BCUT2D eigenvalue weighted by molar-refractivity contribution is 5.83. The van der Waals surface area contributed by atoms with E-state index in [0.717, 1.165) is 6.07 Å². The quantitative estimate of drug-likeness (QED) is 0.255. The lowest BCUT2D eigenvalue weighted by atomic mass is 9.81. The Balaban J connectivity index is 1.39. The van der Waals surface area contributed by atoms with Crippen molar-refractivity contribution in [3.8, 4) is 17.6 Å². The predicted molar refractivity (Wildman–Crippen MR) is 130 cm³/mol. The number of hydrogen-bond acceptors (Lipinski definition) is 4. The van der Waals surface area contributed by atoms with Gasteiger partial charge in [-0.2, -0.15) is 0 Å². The molecule has 1 N–H and O–H groups in total. The van der Waals surface area contributed by atoms with Crippen molar-refractivity contribution < 1.29 is 32.2 Å². The summed E-state index contributed by atoms with van der Waals surface area (Å²) < 4.78 is 61.1. The fourth-order valence-electron chi connectivity index (χ4n) is 4.79. The molecule has 0 radical (unpaired) electrons. The lowest BCUT2D eigenvalue weighted by Crippen LogP contribution is -2.44. The zero-order valence-corrected chi connectivity index (χ0v) is 20.2. The van der Waals surface area contributed by atoms with Gasteiger partial charge in [0.1, 0.15) is 17.7 Å². The Labute approximate surface area is 212 Å². The molecule has 1 aliphatic rings. The van der Waals surface area contributed by atoms with Crippen LogP contribution in [-0.2, 0) is 4.79 Å². The maximum Gasteiger partial charge on any atom is 0.308 e. The minimum atomic E-state index is -1.32. The second-order valence-corrected chi connectivity index (χ2v) is 9.11. The van der Waals surface area contributed by atoms with E-state index >= 15 is 4.39 Å². The Morgan fingerprint density at radius 1 is 1.24 bits per heavy atom. The molecule has 1 aromatic heterocycles. The van der Waals surface area contributed by atoms with Crippen molar-refractivity contribution >= 4 is 16.9 Å². The molecule has 1 unspecified atom stereocenters. The number of pyridine rings is 1. The molecule has 1 saturated heterocycles. The largest absolute Gasteiger partial charge is 0.497 e. The third-order valence-electron chi connectivity index (χ3n) is 6.79. The number of ether oxygens (including phenoxy) is 1. The summed E-state index contributed by atoms with van der Waals surface area (Å²) >= 11 is 0. The molecular weight excluding hydrogens is 488 g/mol. The van der Waals surface area contributed by atoms with Gasteiger partial charge in [0, 0.05) is 24.2 Å². The van der Waals surface area contributed by atoms with Gasteiger partial charge in [-0.1, -0.05) is 11.8 Å². The summed E-state index contributed by atoms with van der Waals surface area (Å²) in [5.41, 5.74) is 0.751. The molecule has 5 nitrogen and oxygen atoms in total. The van der Waals surface area contributed by atoms with Crippen molar-refractivity contribution in [1.82, 2.24) is 9.88 Å². The van der Waals surface area contributed by atoms with E-state index in [0.29, 0.717) is 47.7 Å². The van der Waals surface area contributed by atoms with Gasteiger partial charge in [0.15, 0.2) is 11.6 Å². The smallest absolute Gasteiger partial charge is 0.308 e. The maximum absolute atomic E-state index is 15.3. The number of aliphatic carboxylic acids is 1. The summed E-state index contributed by atoms with van der Waals surface area (Å²) in [6, 6.07) is 8.16. The van der Waals surface area contributed by atoms with Gasteiger partial charge in [0.2, 0.25) is 0 Å². The molecule has 2 aromatic carbocycles. The first kappa shape index (κ1) is 26.4. The first-order chi connectivity index (χ1) is 17.8. The number of hydrogen-bond donors (Lipinski definition) is 1. The van der Waals surface area contributed by atoms with Crippen LogP contribution >= 0.6 is 0 Å². The zero-order chi connectivity index (χ0) is 26.5. The van der Waals surface area contributed by atoms with Crippen LogP contribution in [0.3, 0.4) is 0 Å². The molecule has 0 amide bonds. The summed E-state index contributed by atoms with van der Waals surface area (Å²) in [5.74, 6) is 0.294. The second-order valence-electron chi connectivity index (χ2n) is 9.11. The Morgan fingerprint density at radius 2 is 2.05 bits per heavy atom. The number of benzene rings is 2. The summed E-state index contributed by atoms with van der Waals surface area (Å²) in [4.78, 5) is 18.0. The van der Waals surface area contributed by atoms with Crippen LogP contribution in [0.4, 0.5) is 17.6 Å². The first-order valence-corrected chi connectivity index (χ1v) is 11.9. The highest BCUT2D eigenvalue weighted by Gasteiger charge is 2.34. The number of aromatic nitrogens is 1. The maximum atomic E-state index is 15.3. The monoisotopic (exact) mass is 514 g/mol. The van der Waals surface area contributed by atoms with Crippen LogP contribution in [0.5, 0.6) is 5.75 Å². The number of piperidine rings is 1. The second kappa shape index (κ2) is 11.6. The molecule has 1 aliphatic heterocycles. The number of carboxylic acids is 1. The van der Waals surface area contributed by atoms with Gasteiger partial charge in [0.25, 0.3) is 0 Å². The average molecular weight is 515 g/mol. The highest BCUT2D eigenvalue weighted by Crippen LogP contribution is 2.35. The number of nitrogens with zero attached hydrogens (tertiary/aromatic N) is 2. The van der Waals surface area contributed by atoms with Crippen LogP contribution in [0.15, 0.2) is 42.6 Å². The van der Waals surface area contributed by atoms with Crippen LogP contribution < -0.4 is 4.74 Å². The van der Waals surface area contributed by atoms with Gasteiger partial charge in [-0.15, -0.1) is 0 Å². The van der Waals surface area contributed by atoms with Crippen molar-refractivity contribution in [1.29, 1.82) is 0 Å². The number of halogens is 4. The minimum Gasteiger partial charge on any atom is -0.497 e. The molecule has 0 spiro atoms. The van der Waals surface area contributed by atoms with Crippen LogP contribution in [0.25, 0.3) is 10.9 Å². The van der Waals surface area contributed by atoms with Crippen molar-refractivity contribution in [3.63, 3.8) is 0 Å². The van der Waals surface area contributed by atoms with Crippen LogP contribution in [0.1, 0.15) is 36.6 Å². The van der Waals surface area contributed by atoms with E-state index in [4.69, 9.17) is 4.74 Å². The molecule has 0 saturated carbocycles. The average Bonchev–Trinajstić information content (AvgIpc) is 2.89. The van der Waals surface area contributed by atoms with Gasteiger partial charge in [-0.25, -0.2) is 17.6 Å². The number of carbonyl (C=O) groups is 1. The summed E-state index contributed by atoms with van der Waals surface area (Å²) in [5, 5.41) is 10.5. The lowest BCUT2D eigenvalue weighted by Gasteiger charge is -2.35. The van der Waals surface area contributed by atoms with E-state index in [1.165, 1.54) is 7.11 Å². The van der Waals surface area contributed by atoms with Crippen LogP contribution in [-0.4, -0.2) is 47.7 Å². The number of alkyl halides is 1. The van der Waals surface area contributed by atoms with Crippen molar-refractivity contribution in [3.05, 3.63) is 71.2 Å². The van der Waals surface area contributed by atoms with E-state index < -0.39 is 41.1 Å². The molecule has 0 bridgehead atoms. The number of likely N-dealkylation sites (tertiary alicyclic amines) is 1. The van der Waals surface area contributed by atoms with E-state index in [9.17, 15) is 23.1 Å². The Morgan fingerprint density at radius 3 is 2.81 bits per heavy atom. The van der Waals surface area contributed by atoms with E-state index in [2.05, 4.69) is 16.8 Å². The van der Waals surface area contributed by atoms with E-state index in [1.807, 2.05) is 0 Å². The summed E-state index contributed by atoms with van der Waals surface area (Å²) in [7, 11) is 1.54. The number of fused-ring (bicyclic) bond motifs is 1. The lowest BCUT2D eigenvalue weighted by molar-refractivity contribution is -0.146.